The van der Waals surface area contributed by atoms with Crippen LogP contribution in [0.5, 0.6) is 0 Å². The number of hydrogen-bond donors (Lipinski definition) is 2. The maximum atomic E-state index is 11.9. The van der Waals surface area contributed by atoms with Gasteiger partial charge in [-0.1, -0.05) is 35.5 Å². The van der Waals surface area contributed by atoms with E-state index in [9.17, 15) is 4.79 Å². The lowest BCUT2D eigenvalue weighted by atomic mass is 10.1. The molecule has 0 radical (unpaired) electrons. The number of rotatable bonds is 5. The Morgan fingerprint density at radius 3 is 2.61 bits per heavy atom. The lowest BCUT2D eigenvalue weighted by molar-refractivity contribution is -0.131. The third kappa shape index (κ3) is 3.76. The quantitative estimate of drug-likeness (QED) is 0.354. The molecular formula is C13H19N3O2. The molecule has 3 N–H and O–H groups in total. The van der Waals surface area contributed by atoms with Gasteiger partial charge in [0.25, 0.3) is 0 Å². The van der Waals surface area contributed by atoms with Crippen molar-refractivity contribution in [1.82, 2.24) is 4.90 Å². The third-order valence-corrected chi connectivity index (χ3v) is 2.88. The zero-order valence-corrected chi connectivity index (χ0v) is 10.7. The second-order valence-corrected chi connectivity index (χ2v) is 4.24. The highest BCUT2D eigenvalue weighted by Crippen LogP contribution is 2.04. The number of likely N-dealkylation sites (N-methyl/N-ethyl adjacent to an activating group) is 1. The number of nitrogens with zero attached hydrogens (tertiary/aromatic N) is 2. The fourth-order valence-corrected chi connectivity index (χ4v) is 1.60. The highest BCUT2D eigenvalue weighted by atomic mass is 16.4. The monoisotopic (exact) mass is 249 g/mol. The standard InChI is InChI=1S/C13H19N3O2/c1-10(12(14)15-18)13(17)16(2)9-8-11-6-4-3-5-7-11/h3-7,10,18H,8-9H2,1-2H3,(H2,14,15). The van der Waals surface area contributed by atoms with E-state index in [-0.39, 0.29) is 11.7 Å². The SMILES string of the molecule is CC(C(=O)N(C)CCc1ccccc1)C(N)=NO. The van der Waals surface area contributed by atoms with E-state index >= 15 is 0 Å². The van der Waals surface area contributed by atoms with E-state index in [1.54, 1.807) is 18.9 Å². The summed E-state index contributed by atoms with van der Waals surface area (Å²) >= 11 is 0. The first kappa shape index (κ1) is 14.0. The van der Waals surface area contributed by atoms with Crippen LogP contribution in [0.4, 0.5) is 0 Å². The van der Waals surface area contributed by atoms with Gasteiger partial charge in [-0.05, 0) is 18.9 Å². The molecule has 18 heavy (non-hydrogen) atoms. The Morgan fingerprint density at radius 1 is 1.44 bits per heavy atom. The number of benzene rings is 1. The van der Waals surface area contributed by atoms with Crippen LogP contribution in [0.1, 0.15) is 12.5 Å². The van der Waals surface area contributed by atoms with Gasteiger partial charge in [-0.25, -0.2) is 0 Å². The minimum Gasteiger partial charge on any atom is -0.409 e. The lowest BCUT2D eigenvalue weighted by Crippen LogP contribution is -2.39. The molecule has 0 heterocycles. The van der Waals surface area contributed by atoms with Gasteiger partial charge in [0.1, 0.15) is 0 Å². The van der Waals surface area contributed by atoms with Crippen molar-refractivity contribution in [1.29, 1.82) is 0 Å². The summed E-state index contributed by atoms with van der Waals surface area (Å²) in [5.74, 6) is -0.816. The van der Waals surface area contributed by atoms with Crippen molar-refractivity contribution in [3.8, 4) is 0 Å². The van der Waals surface area contributed by atoms with E-state index in [1.165, 1.54) is 5.56 Å². The number of amidine groups is 1. The van der Waals surface area contributed by atoms with E-state index < -0.39 is 5.92 Å². The van der Waals surface area contributed by atoms with Crippen LogP contribution in [-0.4, -0.2) is 35.4 Å². The summed E-state index contributed by atoms with van der Waals surface area (Å²) in [5, 5.41) is 11.4. The maximum Gasteiger partial charge on any atom is 0.232 e. The molecule has 0 aliphatic carbocycles. The second kappa shape index (κ2) is 6.64. The van der Waals surface area contributed by atoms with Gasteiger partial charge >= 0.3 is 0 Å². The molecule has 1 amide bonds. The van der Waals surface area contributed by atoms with Gasteiger partial charge in [-0.3, -0.25) is 4.79 Å². The molecule has 0 saturated heterocycles. The molecule has 0 aliphatic heterocycles. The molecule has 0 saturated carbocycles. The van der Waals surface area contributed by atoms with Gasteiger partial charge in [0.15, 0.2) is 5.84 Å². The molecule has 0 spiro atoms. The average Bonchev–Trinajstić information content (AvgIpc) is 2.43. The average molecular weight is 249 g/mol. The summed E-state index contributed by atoms with van der Waals surface area (Å²) in [5.41, 5.74) is 6.59. The molecule has 1 aromatic carbocycles. The van der Waals surface area contributed by atoms with Crippen LogP contribution in [-0.2, 0) is 11.2 Å². The number of hydrogen-bond acceptors (Lipinski definition) is 3. The molecule has 0 aliphatic rings. The van der Waals surface area contributed by atoms with Crippen molar-refractivity contribution in [2.24, 2.45) is 16.8 Å². The molecular weight excluding hydrogens is 230 g/mol. The van der Waals surface area contributed by atoms with Crippen LogP contribution in [0.15, 0.2) is 35.5 Å². The van der Waals surface area contributed by atoms with Crippen LogP contribution in [0.3, 0.4) is 0 Å². The molecule has 1 unspecified atom stereocenters. The number of carbonyl (C=O) groups is 1. The van der Waals surface area contributed by atoms with Gasteiger partial charge in [0, 0.05) is 13.6 Å². The number of amides is 1. The third-order valence-electron chi connectivity index (χ3n) is 2.88. The Labute approximate surface area is 107 Å². The van der Waals surface area contributed by atoms with Crippen molar-refractivity contribution in [3.63, 3.8) is 0 Å². The van der Waals surface area contributed by atoms with E-state index in [1.807, 2.05) is 30.3 Å². The van der Waals surface area contributed by atoms with Crippen molar-refractivity contribution in [2.45, 2.75) is 13.3 Å². The topological polar surface area (TPSA) is 78.9 Å². The Bertz CT molecular complexity index is 418. The first-order valence-corrected chi connectivity index (χ1v) is 5.82. The fraction of sp³-hybridized carbons (Fsp3) is 0.385. The van der Waals surface area contributed by atoms with E-state index in [0.717, 1.165) is 6.42 Å². The molecule has 0 bridgehead atoms. The summed E-state index contributed by atoms with van der Waals surface area (Å²) in [4.78, 5) is 13.5. The van der Waals surface area contributed by atoms with Crippen molar-refractivity contribution in [2.75, 3.05) is 13.6 Å². The largest absolute Gasteiger partial charge is 0.409 e. The molecule has 1 rings (SSSR count). The van der Waals surface area contributed by atoms with E-state index in [0.29, 0.717) is 6.54 Å². The Morgan fingerprint density at radius 2 is 2.06 bits per heavy atom. The van der Waals surface area contributed by atoms with Gasteiger partial charge in [0.05, 0.1) is 5.92 Å². The van der Waals surface area contributed by atoms with Crippen LogP contribution < -0.4 is 5.73 Å². The molecule has 0 fully saturated rings. The molecule has 98 valence electrons. The zero-order chi connectivity index (χ0) is 13.5. The van der Waals surface area contributed by atoms with Crippen molar-refractivity contribution >= 4 is 11.7 Å². The van der Waals surface area contributed by atoms with E-state index in [2.05, 4.69) is 5.16 Å². The van der Waals surface area contributed by atoms with Crippen LogP contribution >= 0.6 is 0 Å². The Hall–Kier alpha value is -2.04. The highest BCUT2D eigenvalue weighted by Gasteiger charge is 2.20. The predicted molar refractivity (Wildman–Crippen MR) is 70.4 cm³/mol. The molecule has 5 heteroatoms. The van der Waals surface area contributed by atoms with Gasteiger partial charge in [-0.2, -0.15) is 0 Å². The van der Waals surface area contributed by atoms with Crippen LogP contribution in [0.2, 0.25) is 0 Å². The molecule has 5 nitrogen and oxygen atoms in total. The number of carbonyl (C=O) groups excluding carboxylic acids is 1. The van der Waals surface area contributed by atoms with Crippen molar-refractivity contribution in [3.05, 3.63) is 35.9 Å². The molecule has 1 atom stereocenters. The van der Waals surface area contributed by atoms with E-state index in [4.69, 9.17) is 10.9 Å². The number of nitrogens with two attached hydrogens (primary N) is 1. The summed E-state index contributed by atoms with van der Waals surface area (Å²) in [6.45, 7) is 2.22. The van der Waals surface area contributed by atoms with Gasteiger partial charge < -0.3 is 15.8 Å². The second-order valence-electron chi connectivity index (χ2n) is 4.24. The lowest BCUT2D eigenvalue weighted by Gasteiger charge is -2.20. The first-order chi connectivity index (χ1) is 8.56. The first-order valence-electron chi connectivity index (χ1n) is 5.82. The summed E-state index contributed by atoms with van der Waals surface area (Å²) < 4.78 is 0. The Balaban J connectivity index is 2.51. The zero-order valence-electron chi connectivity index (χ0n) is 10.7. The fourth-order valence-electron chi connectivity index (χ4n) is 1.60. The molecule has 1 aromatic rings. The smallest absolute Gasteiger partial charge is 0.232 e. The van der Waals surface area contributed by atoms with Gasteiger partial charge in [0.2, 0.25) is 5.91 Å². The maximum absolute atomic E-state index is 11.9. The number of oxime groups is 1. The minimum absolute atomic E-state index is 0.0634. The highest BCUT2D eigenvalue weighted by molar-refractivity contribution is 6.01. The van der Waals surface area contributed by atoms with Crippen LogP contribution in [0.25, 0.3) is 0 Å². The summed E-state index contributed by atoms with van der Waals surface area (Å²) in [6.07, 6.45) is 0.784. The normalized spacial score (nSPS) is 13.1. The predicted octanol–water partition coefficient (Wildman–Crippen LogP) is 1.07. The minimum atomic E-state index is -0.601. The summed E-state index contributed by atoms with van der Waals surface area (Å²) in [6, 6.07) is 9.93. The van der Waals surface area contributed by atoms with Gasteiger partial charge in [-0.15, -0.1) is 0 Å². The summed E-state index contributed by atoms with van der Waals surface area (Å²) in [7, 11) is 1.71. The Kier molecular flexibility index (Phi) is 5.17. The van der Waals surface area contributed by atoms with Crippen molar-refractivity contribution < 1.29 is 10.0 Å². The molecule has 0 aromatic heterocycles. The van der Waals surface area contributed by atoms with Crippen LogP contribution in [0, 0.1) is 5.92 Å².